The predicted octanol–water partition coefficient (Wildman–Crippen LogP) is -0.902. The molecule has 1 fully saturated rings. The second-order valence-electron chi connectivity index (χ2n) is 4.23. The van der Waals surface area contributed by atoms with Gasteiger partial charge in [-0.15, -0.1) is 0 Å². The molecule has 1 aliphatic heterocycles. The number of hydrogen-bond acceptors (Lipinski definition) is 5. The van der Waals surface area contributed by atoms with Crippen LogP contribution in [0.4, 0.5) is 22.0 Å². The first-order valence-electron chi connectivity index (χ1n) is 5.23. The topological polar surface area (TPSA) is 105 Å². The normalized spacial score (nSPS) is 38.6. The zero-order valence-corrected chi connectivity index (χ0v) is 9.82. The molecule has 7 nitrogen and oxygen atoms in total. The predicted molar refractivity (Wildman–Crippen MR) is 53.4 cm³/mol. The molecule has 0 aliphatic carbocycles. The van der Waals surface area contributed by atoms with Gasteiger partial charge in [0, 0.05) is 12.3 Å². The highest BCUT2D eigenvalue weighted by molar-refractivity contribution is 5.10. The first-order chi connectivity index (χ1) is 9.43. The molecule has 3 atom stereocenters. The Hall–Kier alpha value is -1.79. The molecule has 1 saturated heterocycles. The average Bonchev–Trinajstić information content (AvgIpc) is 2.46. The van der Waals surface area contributed by atoms with Crippen LogP contribution < -0.4 is 11.2 Å². The molecule has 3 N–H and O–H groups in total. The molecular formula is C9H7F5N2O5. The average molecular weight is 318 g/mol. The van der Waals surface area contributed by atoms with Crippen LogP contribution in [-0.4, -0.2) is 44.0 Å². The summed E-state index contributed by atoms with van der Waals surface area (Å²) in [6.07, 6.45) is 0.147. The first-order valence-corrected chi connectivity index (χ1v) is 5.23. The van der Waals surface area contributed by atoms with Gasteiger partial charge in [0.1, 0.15) is 6.61 Å². The van der Waals surface area contributed by atoms with Gasteiger partial charge in [-0.25, -0.2) is 13.8 Å². The Morgan fingerprint density at radius 2 is 1.81 bits per heavy atom. The summed E-state index contributed by atoms with van der Waals surface area (Å²) in [6.45, 7) is -2.17. The van der Waals surface area contributed by atoms with Crippen LogP contribution in [0.2, 0.25) is 0 Å². The van der Waals surface area contributed by atoms with E-state index in [4.69, 9.17) is 10.2 Å². The lowest BCUT2D eigenvalue weighted by molar-refractivity contribution is -0.325. The fourth-order valence-electron chi connectivity index (χ4n) is 1.77. The second-order valence-corrected chi connectivity index (χ2v) is 4.23. The van der Waals surface area contributed by atoms with Crippen molar-refractivity contribution in [3.05, 3.63) is 33.1 Å². The molecule has 1 aliphatic rings. The highest BCUT2D eigenvalue weighted by Crippen LogP contribution is 2.59. The zero-order valence-electron chi connectivity index (χ0n) is 9.82. The fraction of sp³-hybridized carbons (Fsp3) is 0.556. The van der Waals surface area contributed by atoms with Gasteiger partial charge in [-0.3, -0.25) is 14.5 Å². The summed E-state index contributed by atoms with van der Waals surface area (Å²) in [4.78, 5) is 23.4. The molecule has 2 heterocycles. The third-order valence-electron chi connectivity index (χ3n) is 2.93. The summed E-state index contributed by atoms with van der Waals surface area (Å²) >= 11 is 0. The van der Waals surface area contributed by atoms with Crippen molar-refractivity contribution in [2.45, 2.75) is 23.6 Å². The molecule has 0 saturated carbocycles. The molecule has 21 heavy (non-hydrogen) atoms. The summed E-state index contributed by atoms with van der Waals surface area (Å²) in [7, 11) is 0. The summed E-state index contributed by atoms with van der Waals surface area (Å²) < 4.78 is 71.8. The minimum absolute atomic E-state index is 0.147. The van der Waals surface area contributed by atoms with E-state index in [1.165, 1.54) is 4.98 Å². The zero-order chi connectivity index (χ0) is 16.3. The molecule has 118 valence electrons. The standard InChI is InChI=1S/C9H7F5N2O5/c10-6(3-17)8(13,20)7(11,12)9(14,21-6)16-2-1-4(18)15-5(16)19/h1-2,17,20H,3H2,(H,15,18,19)/t6-,8-,9+/m1/s1. The van der Waals surface area contributed by atoms with E-state index in [1.54, 1.807) is 0 Å². The first kappa shape index (κ1) is 15.6. The Bertz CT molecular complexity index is 688. The van der Waals surface area contributed by atoms with Gasteiger partial charge in [0.2, 0.25) is 0 Å². The molecule has 2 rings (SSSR count). The van der Waals surface area contributed by atoms with Gasteiger partial charge in [-0.1, -0.05) is 0 Å². The molecule has 0 radical (unpaired) electrons. The van der Waals surface area contributed by atoms with Crippen molar-refractivity contribution >= 4 is 0 Å². The number of nitrogens with zero attached hydrogens (tertiary/aromatic N) is 1. The van der Waals surface area contributed by atoms with E-state index in [0.29, 0.717) is 6.07 Å². The highest BCUT2D eigenvalue weighted by Gasteiger charge is 2.88. The quantitative estimate of drug-likeness (QED) is 0.613. The largest absolute Gasteiger partial charge is 0.390 e. The molecule has 1 aromatic heterocycles. The lowest BCUT2D eigenvalue weighted by Gasteiger charge is -2.28. The van der Waals surface area contributed by atoms with Crippen LogP contribution in [0.15, 0.2) is 21.9 Å². The Labute approximate surface area is 111 Å². The maximum absolute atomic E-state index is 14.3. The van der Waals surface area contributed by atoms with Crippen LogP contribution in [-0.2, 0) is 10.7 Å². The van der Waals surface area contributed by atoms with Crippen molar-refractivity contribution in [3.8, 4) is 0 Å². The summed E-state index contributed by atoms with van der Waals surface area (Å²) in [5.41, 5.74) is -2.92. The van der Waals surface area contributed by atoms with Crippen molar-refractivity contribution in [3.63, 3.8) is 0 Å². The van der Waals surface area contributed by atoms with Crippen molar-refractivity contribution in [1.82, 2.24) is 9.55 Å². The van der Waals surface area contributed by atoms with Crippen molar-refractivity contribution < 1.29 is 36.9 Å². The van der Waals surface area contributed by atoms with Crippen LogP contribution in [0.3, 0.4) is 0 Å². The van der Waals surface area contributed by atoms with Crippen molar-refractivity contribution in [2.24, 2.45) is 0 Å². The number of H-pyrrole nitrogens is 1. The fourth-order valence-corrected chi connectivity index (χ4v) is 1.77. The van der Waals surface area contributed by atoms with Crippen LogP contribution in [0.1, 0.15) is 0 Å². The Balaban J connectivity index is 2.73. The van der Waals surface area contributed by atoms with Crippen LogP contribution in [0, 0.1) is 0 Å². The lowest BCUT2D eigenvalue weighted by atomic mass is 10.0. The molecule has 0 spiro atoms. The second kappa shape index (κ2) is 4.11. The molecule has 0 unspecified atom stereocenters. The number of alkyl halides is 5. The van der Waals surface area contributed by atoms with E-state index < -0.39 is 46.0 Å². The maximum Gasteiger partial charge on any atom is 0.389 e. The van der Waals surface area contributed by atoms with E-state index >= 15 is 0 Å². The molecular weight excluding hydrogens is 311 g/mol. The van der Waals surface area contributed by atoms with E-state index in [0.717, 1.165) is 0 Å². The van der Waals surface area contributed by atoms with Gasteiger partial charge in [-0.05, 0) is 0 Å². The lowest BCUT2D eigenvalue weighted by Crippen LogP contribution is -2.59. The maximum atomic E-state index is 14.3. The van der Waals surface area contributed by atoms with Gasteiger partial charge in [-0.2, -0.15) is 17.6 Å². The SMILES string of the molecule is O=c1ccn([C@]2(F)O[C@](F)(CO)[C@](O)(F)C2(F)F)c(=O)[nH]1. The smallest absolute Gasteiger partial charge is 0.389 e. The van der Waals surface area contributed by atoms with Crippen LogP contribution in [0.5, 0.6) is 0 Å². The number of aliphatic hydroxyl groups excluding tert-OH is 1. The van der Waals surface area contributed by atoms with Gasteiger partial charge in [0.25, 0.3) is 5.56 Å². The number of aromatic amines is 1. The van der Waals surface area contributed by atoms with Crippen LogP contribution >= 0.6 is 0 Å². The highest BCUT2D eigenvalue weighted by atomic mass is 19.3. The Morgan fingerprint density at radius 3 is 2.24 bits per heavy atom. The number of aromatic nitrogens is 2. The van der Waals surface area contributed by atoms with Crippen molar-refractivity contribution in [2.75, 3.05) is 6.61 Å². The minimum Gasteiger partial charge on any atom is -0.390 e. The van der Waals surface area contributed by atoms with Gasteiger partial charge >= 0.3 is 29.3 Å². The molecule has 12 heteroatoms. The van der Waals surface area contributed by atoms with E-state index in [9.17, 15) is 31.5 Å². The number of hydrogen-bond donors (Lipinski definition) is 3. The Kier molecular flexibility index (Phi) is 3.05. The Morgan fingerprint density at radius 1 is 1.24 bits per heavy atom. The monoisotopic (exact) mass is 318 g/mol. The minimum atomic E-state index is -5.63. The van der Waals surface area contributed by atoms with Gasteiger partial charge in [0.05, 0.1) is 0 Å². The summed E-state index contributed by atoms with van der Waals surface area (Å²) in [5, 5.41) is 17.4. The molecule has 1 aromatic rings. The van der Waals surface area contributed by atoms with E-state index in [1.807, 2.05) is 0 Å². The van der Waals surface area contributed by atoms with Crippen molar-refractivity contribution in [1.29, 1.82) is 0 Å². The van der Waals surface area contributed by atoms with Gasteiger partial charge < -0.3 is 10.2 Å². The molecule has 0 amide bonds. The summed E-state index contributed by atoms with van der Waals surface area (Å²) in [6, 6.07) is 0.399. The van der Waals surface area contributed by atoms with E-state index in [2.05, 4.69) is 4.74 Å². The van der Waals surface area contributed by atoms with Crippen LogP contribution in [0.25, 0.3) is 0 Å². The molecule has 0 aromatic carbocycles. The molecule has 0 bridgehead atoms. The number of rotatable bonds is 2. The number of halogens is 5. The van der Waals surface area contributed by atoms with Gasteiger partial charge in [0.15, 0.2) is 0 Å². The number of ether oxygens (including phenoxy) is 1. The third-order valence-corrected chi connectivity index (χ3v) is 2.93. The van der Waals surface area contributed by atoms with E-state index in [-0.39, 0.29) is 6.20 Å². The number of nitrogens with one attached hydrogen (secondary N) is 1. The number of aliphatic hydroxyl groups is 2. The third kappa shape index (κ3) is 1.69. The summed E-state index contributed by atoms with van der Waals surface area (Å²) in [5.74, 6) is -20.3.